The Bertz CT molecular complexity index is 635. The summed E-state index contributed by atoms with van der Waals surface area (Å²) < 4.78 is 27.6. The SMILES string of the molecule is CC(C)(C)c1cc(C(C)(C)F)c(-c2ccc(F)cc2)nn1. The lowest BCUT2D eigenvalue weighted by atomic mass is 9.87. The van der Waals surface area contributed by atoms with Crippen molar-refractivity contribution in [2.75, 3.05) is 0 Å². The van der Waals surface area contributed by atoms with E-state index in [2.05, 4.69) is 10.2 Å². The Hall–Kier alpha value is -1.84. The molecule has 0 N–H and O–H groups in total. The third kappa shape index (κ3) is 3.43. The normalized spacial score (nSPS) is 12.5. The number of alkyl halides is 1. The summed E-state index contributed by atoms with van der Waals surface area (Å²) in [7, 11) is 0. The lowest BCUT2D eigenvalue weighted by molar-refractivity contribution is 0.221. The van der Waals surface area contributed by atoms with Gasteiger partial charge < -0.3 is 0 Å². The van der Waals surface area contributed by atoms with Gasteiger partial charge in [-0.2, -0.15) is 5.10 Å². The Labute approximate surface area is 124 Å². The molecule has 0 saturated carbocycles. The van der Waals surface area contributed by atoms with Gasteiger partial charge >= 0.3 is 0 Å². The number of halogens is 2. The summed E-state index contributed by atoms with van der Waals surface area (Å²) in [6.45, 7) is 8.99. The van der Waals surface area contributed by atoms with Crippen LogP contribution in [0.1, 0.15) is 45.9 Å². The standard InChI is InChI=1S/C17H20F2N2/c1-16(2,3)14-10-13(17(4,5)19)15(21-20-14)11-6-8-12(18)9-7-11/h6-10H,1-5H3. The molecule has 0 unspecified atom stereocenters. The van der Waals surface area contributed by atoms with E-state index in [9.17, 15) is 8.78 Å². The summed E-state index contributed by atoms with van der Waals surface area (Å²) in [5, 5.41) is 8.41. The van der Waals surface area contributed by atoms with Crippen molar-refractivity contribution in [3.05, 3.63) is 47.4 Å². The largest absolute Gasteiger partial charge is 0.239 e. The lowest BCUT2D eigenvalue weighted by Gasteiger charge is -2.23. The molecule has 0 aliphatic heterocycles. The van der Waals surface area contributed by atoms with Crippen LogP contribution in [0.15, 0.2) is 30.3 Å². The van der Waals surface area contributed by atoms with Crippen molar-refractivity contribution >= 4 is 0 Å². The maximum Gasteiger partial charge on any atom is 0.132 e. The Morgan fingerprint density at radius 3 is 1.95 bits per heavy atom. The molecule has 1 aromatic carbocycles. The van der Waals surface area contributed by atoms with E-state index in [4.69, 9.17) is 0 Å². The van der Waals surface area contributed by atoms with Crippen molar-refractivity contribution in [1.29, 1.82) is 0 Å². The van der Waals surface area contributed by atoms with Crippen LogP contribution >= 0.6 is 0 Å². The molecule has 0 amide bonds. The number of hydrogen-bond acceptors (Lipinski definition) is 2. The first kappa shape index (κ1) is 15.5. The lowest BCUT2D eigenvalue weighted by Crippen LogP contribution is -2.19. The summed E-state index contributed by atoms with van der Waals surface area (Å²) in [5.41, 5.74) is 0.539. The van der Waals surface area contributed by atoms with E-state index in [1.807, 2.05) is 20.8 Å². The molecule has 0 bridgehead atoms. The fraction of sp³-hybridized carbons (Fsp3) is 0.412. The zero-order chi connectivity index (χ0) is 15.8. The van der Waals surface area contributed by atoms with Crippen LogP contribution in [0.5, 0.6) is 0 Å². The zero-order valence-electron chi connectivity index (χ0n) is 13.0. The summed E-state index contributed by atoms with van der Waals surface area (Å²) in [6, 6.07) is 7.61. The molecule has 21 heavy (non-hydrogen) atoms. The average Bonchev–Trinajstić information content (AvgIpc) is 2.37. The molecule has 2 nitrogen and oxygen atoms in total. The van der Waals surface area contributed by atoms with Gasteiger partial charge in [-0.3, -0.25) is 0 Å². The van der Waals surface area contributed by atoms with Gasteiger partial charge in [0.05, 0.1) is 11.4 Å². The minimum Gasteiger partial charge on any atom is -0.239 e. The van der Waals surface area contributed by atoms with Crippen molar-refractivity contribution in [2.24, 2.45) is 0 Å². The third-order valence-electron chi connectivity index (χ3n) is 3.32. The second-order valence-electron chi connectivity index (χ2n) is 6.72. The first-order valence-corrected chi connectivity index (χ1v) is 6.92. The van der Waals surface area contributed by atoms with Gasteiger partial charge in [0, 0.05) is 16.5 Å². The van der Waals surface area contributed by atoms with Crippen molar-refractivity contribution in [3.63, 3.8) is 0 Å². The predicted molar refractivity (Wildman–Crippen MR) is 80.3 cm³/mol. The molecule has 0 radical (unpaired) electrons. The molecule has 0 fully saturated rings. The molecule has 0 atom stereocenters. The summed E-state index contributed by atoms with van der Waals surface area (Å²) in [5.74, 6) is -0.334. The molecule has 2 aromatic rings. The summed E-state index contributed by atoms with van der Waals surface area (Å²) in [6.07, 6.45) is 0. The van der Waals surface area contributed by atoms with Crippen molar-refractivity contribution < 1.29 is 8.78 Å². The van der Waals surface area contributed by atoms with Crippen LogP contribution in [-0.4, -0.2) is 10.2 Å². The highest BCUT2D eigenvalue weighted by Gasteiger charge is 2.28. The van der Waals surface area contributed by atoms with E-state index in [0.29, 0.717) is 16.8 Å². The smallest absolute Gasteiger partial charge is 0.132 e. The van der Waals surface area contributed by atoms with Gasteiger partial charge in [0.15, 0.2) is 0 Å². The van der Waals surface area contributed by atoms with Crippen molar-refractivity contribution in [2.45, 2.75) is 45.7 Å². The van der Waals surface area contributed by atoms with E-state index in [1.165, 1.54) is 26.0 Å². The Morgan fingerprint density at radius 2 is 1.48 bits per heavy atom. The van der Waals surface area contributed by atoms with Gasteiger partial charge in [-0.05, 0) is 44.2 Å². The van der Waals surface area contributed by atoms with E-state index < -0.39 is 5.67 Å². The fourth-order valence-electron chi connectivity index (χ4n) is 2.03. The molecule has 1 aromatic heterocycles. The van der Waals surface area contributed by atoms with Crippen LogP contribution in [0.2, 0.25) is 0 Å². The van der Waals surface area contributed by atoms with Crippen molar-refractivity contribution in [1.82, 2.24) is 10.2 Å². The van der Waals surface area contributed by atoms with Gasteiger partial charge in [0.25, 0.3) is 0 Å². The Balaban J connectivity index is 2.63. The van der Waals surface area contributed by atoms with Crippen LogP contribution < -0.4 is 0 Å². The molecular weight excluding hydrogens is 270 g/mol. The minimum atomic E-state index is -1.56. The first-order valence-electron chi connectivity index (χ1n) is 6.92. The molecule has 4 heteroatoms. The highest BCUT2D eigenvalue weighted by atomic mass is 19.1. The maximum atomic E-state index is 14.6. The molecule has 0 saturated heterocycles. The topological polar surface area (TPSA) is 25.8 Å². The molecule has 112 valence electrons. The van der Waals surface area contributed by atoms with Gasteiger partial charge in [0.2, 0.25) is 0 Å². The van der Waals surface area contributed by atoms with Gasteiger partial charge in [-0.1, -0.05) is 20.8 Å². The fourth-order valence-corrected chi connectivity index (χ4v) is 2.03. The highest BCUT2D eigenvalue weighted by Crippen LogP contribution is 2.34. The van der Waals surface area contributed by atoms with Crippen LogP contribution in [0.3, 0.4) is 0 Å². The van der Waals surface area contributed by atoms with E-state index in [-0.39, 0.29) is 11.2 Å². The quantitative estimate of drug-likeness (QED) is 0.795. The highest BCUT2D eigenvalue weighted by molar-refractivity contribution is 5.64. The van der Waals surface area contributed by atoms with E-state index >= 15 is 0 Å². The Morgan fingerprint density at radius 1 is 0.905 bits per heavy atom. The minimum absolute atomic E-state index is 0.214. The van der Waals surface area contributed by atoms with Gasteiger partial charge in [-0.15, -0.1) is 5.10 Å². The number of hydrogen-bond donors (Lipinski definition) is 0. The summed E-state index contributed by atoms with van der Waals surface area (Å²) in [4.78, 5) is 0. The van der Waals surface area contributed by atoms with Crippen LogP contribution in [-0.2, 0) is 11.1 Å². The second-order valence-corrected chi connectivity index (χ2v) is 6.72. The third-order valence-corrected chi connectivity index (χ3v) is 3.32. The van der Waals surface area contributed by atoms with Gasteiger partial charge in [-0.25, -0.2) is 8.78 Å². The molecule has 0 aliphatic rings. The molecule has 0 spiro atoms. The summed E-state index contributed by atoms with van der Waals surface area (Å²) >= 11 is 0. The molecular formula is C17H20F2N2. The van der Waals surface area contributed by atoms with E-state index in [0.717, 1.165) is 5.69 Å². The molecule has 2 rings (SSSR count). The average molecular weight is 290 g/mol. The number of rotatable bonds is 2. The molecule has 0 aliphatic carbocycles. The van der Waals surface area contributed by atoms with Gasteiger partial charge in [0.1, 0.15) is 11.5 Å². The first-order chi connectivity index (χ1) is 9.59. The Kier molecular flexibility index (Phi) is 3.83. The number of benzene rings is 1. The van der Waals surface area contributed by atoms with Crippen LogP contribution in [0, 0.1) is 5.82 Å². The maximum absolute atomic E-state index is 14.6. The number of aromatic nitrogens is 2. The monoisotopic (exact) mass is 290 g/mol. The van der Waals surface area contributed by atoms with E-state index in [1.54, 1.807) is 18.2 Å². The number of nitrogens with zero attached hydrogens (tertiary/aromatic N) is 2. The second kappa shape index (κ2) is 5.17. The van der Waals surface area contributed by atoms with Crippen LogP contribution in [0.4, 0.5) is 8.78 Å². The molecule has 1 heterocycles. The predicted octanol–water partition coefficient (Wildman–Crippen LogP) is 4.78. The van der Waals surface area contributed by atoms with Crippen molar-refractivity contribution in [3.8, 4) is 11.3 Å². The van der Waals surface area contributed by atoms with Crippen LogP contribution in [0.25, 0.3) is 11.3 Å². The zero-order valence-corrected chi connectivity index (χ0v) is 13.0.